The molecule has 1 aromatic carbocycles. The fraction of sp³-hybridized carbons (Fsp3) is 0.222. The van der Waals surface area contributed by atoms with E-state index in [0.717, 1.165) is 58.9 Å². The van der Waals surface area contributed by atoms with Gasteiger partial charge in [0.25, 0.3) is 5.56 Å². The fourth-order valence-electron chi connectivity index (χ4n) is 5.47. The molecule has 6 heterocycles. The maximum atomic E-state index is 13.4. The van der Waals surface area contributed by atoms with E-state index in [9.17, 15) is 9.59 Å². The molecule has 39 heavy (non-hydrogen) atoms. The van der Waals surface area contributed by atoms with Gasteiger partial charge in [0.05, 0.1) is 23.6 Å². The van der Waals surface area contributed by atoms with Gasteiger partial charge in [0.15, 0.2) is 0 Å². The third kappa shape index (κ3) is 4.11. The maximum absolute atomic E-state index is 13.4. The molecule has 1 saturated heterocycles. The third-order valence-electron chi connectivity index (χ3n) is 7.32. The third-order valence-corrected chi connectivity index (χ3v) is 7.55. The molecule has 0 spiro atoms. The Morgan fingerprint density at radius 1 is 0.974 bits per heavy atom. The summed E-state index contributed by atoms with van der Waals surface area (Å²) in [4.78, 5) is 39.7. The highest BCUT2D eigenvalue weighted by Crippen LogP contribution is 2.34. The number of carbonyl (C=O) groups is 1. The summed E-state index contributed by atoms with van der Waals surface area (Å²) in [5.74, 6) is 1.49. The quantitative estimate of drug-likeness (QED) is 0.361. The zero-order valence-electron chi connectivity index (χ0n) is 20.7. The van der Waals surface area contributed by atoms with Crippen LogP contribution in [0.4, 0.5) is 5.82 Å². The minimum Gasteiger partial charge on any atom is -0.340 e. The Balaban J connectivity index is 1.19. The first-order valence-corrected chi connectivity index (χ1v) is 13.0. The van der Waals surface area contributed by atoms with E-state index in [1.54, 1.807) is 38.7 Å². The van der Waals surface area contributed by atoms with Gasteiger partial charge in [-0.1, -0.05) is 11.6 Å². The molecule has 5 aromatic rings. The number of nitrogens with zero attached hydrogens (tertiary/aromatic N) is 8. The van der Waals surface area contributed by atoms with Crippen molar-refractivity contribution in [2.24, 2.45) is 0 Å². The van der Waals surface area contributed by atoms with Crippen LogP contribution in [0.25, 0.3) is 28.1 Å². The molecule has 7 rings (SSSR count). The molecule has 0 aliphatic carbocycles. The number of imidazole rings is 1. The number of aromatic nitrogens is 8. The van der Waals surface area contributed by atoms with E-state index in [4.69, 9.17) is 11.6 Å². The highest BCUT2D eigenvalue weighted by molar-refractivity contribution is 6.31. The highest BCUT2D eigenvalue weighted by Gasteiger charge is 2.28. The van der Waals surface area contributed by atoms with Crippen molar-refractivity contribution in [2.45, 2.75) is 31.7 Å². The average Bonchev–Trinajstić information content (AvgIpc) is 3.76. The summed E-state index contributed by atoms with van der Waals surface area (Å²) in [6.07, 6.45) is 7.90. The average molecular weight is 540 g/mol. The van der Waals surface area contributed by atoms with Gasteiger partial charge < -0.3 is 9.55 Å². The summed E-state index contributed by atoms with van der Waals surface area (Å²) in [5.41, 5.74) is 4.72. The van der Waals surface area contributed by atoms with Crippen molar-refractivity contribution in [3.63, 3.8) is 0 Å². The van der Waals surface area contributed by atoms with Crippen molar-refractivity contribution in [3.8, 4) is 28.1 Å². The van der Waals surface area contributed by atoms with E-state index in [-0.39, 0.29) is 17.5 Å². The van der Waals surface area contributed by atoms with Gasteiger partial charge in [-0.05, 0) is 71.7 Å². The molecule has 0 radical (unpaired) electrons. The molecule has 194 valence electrons. The summed E-state index contributed by atoms with van der Waals surface area (Å²) in [7, 11) is 0. The second-order valence-corrected chi connectivity index (χ2v) is 10.1. The number of hydrogen-bond donors (Lipinski definition) is 1. The molecule has 12 heteroatoms. The van der Waals surface area contributed by atoms with Crippen LogP contribution in [0.1, 0.15) is 36.8 Å². The first-order valence-electron chi connectivity index (χ1n) is 12.7. The van der Waals surface area contributed by atoms with Crippen LogP contribution in [0.3, 0.4) is 0 Å². The summed E-state index contributed by atoms with van der Waals surface area (Å²) >= 11 is 6.31. The topological polar surface area (TPSA) is 127 Å². The lowest BCUT2D eigenvalue weighted by Crippen LogP contribution is -2.24. The van der Waals surface area contributed by atoms with Crippen molar-refractivity contribution in [3.05, 3.63) is 88.1 Å². The molecule has 0 unspecified atom stereocenters. The number of aryl methyl sites for hydroxylation is 1. The van der Waals surface area contributed by atoms with E-state index in [1.165, 1.54) is 6.33 Å². The first-order chi connectivity index (χ1) is 19.0. The number of fused-ring (bicyclic) bond motifs is 1. The molecule has 1 fully saturated rings. The highest BCUT2D eigenvalue weighted by atomic mass is 35.5. The maximum Gasteiger partial charge on any atom is 0.252 e. The van der Waals surface area contributed by atoms with Crippen LogP contribution >= 0.6 is 11.6 Å². The lowest BCUT2D eigenvalue weighted by Gasteiger charge is -2.15. The van der Waals surface area contributed by atoms with Crippen LogP contribution in [0.15, 0.2) is 66.0 Å². The standard InChI is InChI=1S/C27H22ClN9O2/c28-18-4-6-22(36-15-31-33-34-36)20(12-18)17-10-19-5-7-23(37(19)26(39)11-17)27-30-14-21(32-27)16-3-8-24(29-13-16)35-9-1-2-25(35)38/h3-4,6,8,10-15,23H,1-2,5,7,9H2,(H,30,32)/t23-/m0/s1. The fourth-order valence-corrected chi connectivity index (χ4v) is 5.64. The van der Waals surface area contributed by atoms with Crippen LogP contribution < -0.4 is 10.5 Å². The molecule has 2 aliphatic heterocycles. The van der Waals surface area contributed by atoms with E-state index in [2.05, 4.69) is 30.5 Å². The van der Waals surface area contributed by atoms with E-state index < -0.39 is 0 Å². The number of rotatable bonds is 5. The molecular formula is C27H22ClN9O2. The minimum absolute atomic E-state index is 0.106. The van der Waals surface area contributed by atoms with Crippen LogP contribution in [0.2, 0.25) is 5.02 Å². The number of aromatic amines is 1. The number of H-pyrrole nitrogens is 1. The summed E-state index contributed by atoms with van der Waals surface area (Å²) in [5, 5.41) is 12.0. The number of halogens is 1. The summed E-state index contributed by atoms with van der Waals surface area (Å²) < 4.78 is 3.35. The number of tetrazole rings is 1. The van der Waals surface area contributed by atoms with Crippen LogP contribution in [0.5, 0.6) is 0 Å². The number of nitrogens with one attached hydrogen (secondary N) is 1. The Hall–Kier alpha value is -4.64. The van der Waals surface area contributed by atoms with Crippen LogP contribution in [0, 0.1) is 0 Å². The van der Waals surface area contributed by atoms with E-state index in [0.29, 0.717) is 23.8 Å². The second-order valence-electron chi connectivity index (χ2n) is 9.65. The van der Waals surface area contributed by atoms with Crippen LogP contribution in [-0.4, -0.2) is 52.2 Å². The SMILES string of the molecule is O=C1CCCN1c1ccc(-c2cnc([C@@H]3CCc4cc(-c5cc(Cl)ccc5-n5cnnn5)cc(=O)n43)[nH]2)cn1. The molecule has 1 atom stereocenters. The van der Waals surface area contributed by atoms with Gasteiger partial charge in [-0.3, -0.25) is 14.5 Å². The van der Waals surface area contributed by atoms with Crippen molar-refractivity contribution in [2.75, 3.05) is 11.4 Å². The van der Waals surface area contributed by atoms with Crippen molar-refractivity contribution >= 4 is 23.3 Å². The Morgan fingerprint density at radius 2 is 1.90 bits per heavy atom. The monoisotopic (exact) mass is 539 g/mol. The summed E-state index contributed by atoms with van der Waals surface area (Å²) in [6.45, 7) is 0.702. The largest absolute Gasteiger partial charge is 0.340 e. The van der Waals surface area contributed by atoms with Crippen molar-refractivity contribution in [1.29, 1.82) is 0 Å². The Kier molecular flexibility index (Phi) is 5.58. The molecule has 2 aliphatic rings. The predicted octanol–water partition coefficient (Wildman–Crippen LogP) is 3.59. The second kappa shape index (κ2) is 9.28. The number of amides is 1. The minimum atomic E-state index is -0.205. The first kappa shape index (κ1) is 23.5. The number of anilines is 1. The van der Waals surface area contributed by atoms with Gasteiger partial charge in [0.1, 0.15) is 18.0 Å². The number of carbonyl (C=O) groups excluding carboxylic acids is 1. The zero-order chi connectivity index (χ0) is 26.5. The molecule has 4 aromatic heterocycles. The van der Waals surface area contributed by atoms with Crippen LogP contribution in [-0.2, 0) is 11.2 Å². The van der Waals surface area contributed by atoms with E-state index >= 15 is 0 Å². The summed E-state index contributed by atoms with van der Waals surface area (Å²) in [6, 6.07) is 12.6. The van der Waals surface area contributed by atoms with Gasteiger partial charge in [-0.25, -0.2) is 9.97 Å². The molecule has 1 N–H and O–H groups in total. The molecule has 1 amide bonds. The number of pyridine rings is 2. The Bertz CT molecular complexity index is 1760. The number of benzene rings is 1. The van der Waals surface area contributed by atoms with Gasteiger partial charge in [0.2, 0.25) is 5.91 Å². The molecule has 0 bridgehead atoms. The van der Waals surface area contributed by atoms with Gasteiger partial charge in [-0.2, -0.15) is 4.68 Å². The predicted molar refractivity (Wildman–Crippen MR) is 144 cm³/mol. The normalized spacial score (nSPS) is 16.7. The van der Waals surface area contributed by atoms with Gasteiger partial charge in [0, 0.05) is 47.1 Å². The molecule has 11 nitrogen and oxygen atoms in total. The number of hydrogen-bond acceptors (Lipinski definition) is 7. The van der Waals surface area contributed by atoms with E-state index in [1.807, 2.05) is 30.3 Å². The molecule has 0 saturated carbocycles. The molecular weight excluding hydrogens is 518 g/mol. The van der Waals surface area contributed by atoms with Crippen molar-refractivity contribution in [1.82, 2.24) is 39.7 Å². The zero-order valence-corrected chi connectivity index (χ0v) is 21.4. The lowest BCUT2D eigenvalue weighted by atomic mass is 10.0. The van der Waals surface area contributed by atoms with Gasteiger partial charge in [-0.15, -0.1) is 5.10 Å². The van der Waals surface area contributed by atoms with Gasteiger partial charge >= 0.3 is 0 Å². The lowest BCUT2D eigenvalue weighted by molar-refractivity contribution is -0.117. The Labute approximate surface area is 227 Å². The van der Waals surface area contributed by atoms with Crippen molar-refractivity contribution < 1.29 is 4.79 Å². The Morgan fingerprint density at radius 3 is 2.67 bits per heavy atom. The smallest absolute Gasteiger partial charge is 0.252 e.